The number of nitrogens with zero attached hydrogens (tertiary/aromatic N) is 1. The molecular formula is C15H18F2N2O. The Labute approximate surface area is 117 Å². The Morgan fingerprint density at radius 1 is 1.30 bits per heavy atom. The molecule has 1 aromatic rings. The van der Waals surface area contributed by atoms with E-state index in [1.54, 1.807) is 0 Å². The molecule has 108 valence electrons. The predicted octanol–water partition coefficient (Wildman–Crippen LogP) is 2.07. The molecule has 1 aliphatic carbocycles. The number of nitrogens with one attached hydrogen (secondary N) is 1. The molecule has 1 atom stereocenters. The van der Waals surface area contributed by atoms with Crippen LogP contribution in [0.5, 0.6) is 0 Å². The third kappa shape index (κ3) is 3.15. The third-order valence-corrected chi connectivity index (χ3v) is 3.97. The topological polar surface area (TPSA) is 32.3 Å². The normalized spacial score (nSPS) is 23.0. The molecule has 0 radical (unpaired) electrons. The van der Waals surface area contributed by atoms with Crippen LogP contribution in [0.4, 0.5) is 8.78 Å². The second-order valence-corrected chi connectivity index (χ2v) is 5.74. The Morgan fingerprint density at radius 3 is 2.85 bits per heavy atom. The molecule has 20 heavy (non-hydrogen) atoms. The number of benzene rings is 1. The van der Waals surface area contributed by atoms with Crippen molar-refractivity contribution in [1.82, 2.24) is 10.2 Å². The maximum atomic E-state index is 13.6. The van der Waals surface area contributed by atoms with Crippen LogP contribution in [-0.2, 0) is 11.3 Å². The van der Waals surface area contributed by atoms with Gasteiger partial charge in [0.15, 0.2) is 0 Å². The van der Waals surface area contributed by atoms with E-state index in [-0.39, 0.29) is 11.8 Å². The number of hydrogen-bond donors (Lipinski definition) is 1. The van der Waals surface area contributed by atoms with Crippen molar-refractivity contribution in [1.29, 1.82) is 0 Å². The first kappa shape index (κ1) is 13.5. The average molecular weight is 280 g/mol. The van der Waals surface area contributed by atoms with Crippen LogP contribution in [0, 0.1) is 17.6 Å². The Kier molecular flexibility index (Phi) is 3.70. The van der Waals surface area contributed by atoms with Gasteiger partial charge in [-0.25, -0.2) is 8.78 Å². The highest BCUT2D eigenvalue weighted by molar-refractivity contribution is 5.79. The zero-order valence-corrected chi connectivity index (χ0v) is 11.2. The summed E-state index contributed by atoms with van der Waals surface area (Å²) in [5.74, 6) is -0.733. The fourth-order valence-corrected chi connectivity index (χ4v) is 2.64. The first-order valence-electron chi connectivity index (χ1n) is 7.08. The Morgan fingerprint density at radius 2 is 2.10 bits per heavy atom. The number of rotatable bonds is 4. The van der Waals surface area contributed by atoms with Crippen molar-refractivity contribution in [3.05, 3.63) is 35.4 Å². The molecule has 0 aromatic heterocycles. The van der Waals surface area contributed by atoms with Crippen LogP contribution < -0.4 is 5.32 Å². The van der Waals surface area contributed by atoms with Crippen LogP contribution in [0.2, 0.25) is 0 Å². The van der Waals surface area contributed by atoms with Crippen molar-refractivity contribution < 1.29 is 13.6 Å². The Balaban J connectivity index is 1.56. The van der Waals surface area contributed by atoms with Gasteiger partial charge < -0.3 is 5.32 Å². The van der Waals surface area contributed by atoms with E-state index in [0.29, 0.717) is 24.7 Å². The van der Waals surface area contributed by atoms with Crippen LogP contribution in [0.15, 0.2) is 18.2 Å². The molecule has 1 N–H and O–H groups in total. The second kappa shape index (κ2) is 5.48. The summed E-state index contributed by atoms with van der Waals surface area (Å²) in [6.45, 7) is 1.73. The van der Waals surface area contributed by atoms with Gasteiger partial charge in [0.2, 0.25) is 5.91 Å². The lowest BCUT2D eigenvalue weighted by molar-refractivity contribution is -0.124. The smallest absolute Gasteiger partial charge is 0.224 e. The van der Waals surface area contributed by atoms with E-state index in [2.05, 4.69) is 5.32 Å². The minimum absolute atomic E-state index is 0.0211. The number of hydrogen-bond acceptors (Lipinski definition) is 2. The molecule has 1 aliphatic heterocycles. The first-order valence-corrected chi connectivity index (χ1v) is 7.08. The summed E-state index contributed by atoms with van der Waals surface area (Å²) < 4.78 is 26.7. The predicted molar refractivity (Wildman–Crippen MR) is 70.9 cm³/mol. The molecule has 5 heteroatoms. The molecule has 1 aromatic carbocycles. The van der Waals surface area contributed by atoms with Gasteiger partial charge in [-0.1, -0.05) is 0 Å². The van der Waals surface area contributed by atoms with E-state index >= 15 is 0 Å². The number of amides is 1. The molecule has 3 nitrogen and oxygen atoms in total. The van der Waals surface area contributed by atoms with Gasteiger partial charge in [0.05, 0.1) is 5.92 Å². The zero-order valence-electron chi connectivity index (χ0n) is 11.2. The average Bonchev–Trinajstić information content (AvgIpc) is 3.10. The van der Waals surface area contributed by atoms with Crippen LogP contribution in [0.1, 0.15) is 24.8 Å². The zero-order chi connectivity index (χ0) is 14.1. The van der Waals surface area contributed by atoms with Gasteiger partial charge in [-0.15, -0.1) is 0 Å². The van der Waals surface area contributed by atoms with Crippen LogP contribution in [-0.4, -0.2) is 29.9 Å². The van der Waals surface area contributed by atoms with Gasteiger partial charge in [0.25, 0.3) is 0 Å². The van der Waals surface area contributed by atoms with Gasteiger partial charge in [-0.2, -0.15) is 0 Å². The molecule has 0 spiro atoms. The van der Waals surface area contributed by atoms with Gasteiger partial charge in [-0.05, 0) is 44.0 Å². The van der Waals surface area contributed by atoms with Gasteiger partial charge in [-0.3, -0.25) is 9.69 Å². The van der Waals surface area contributed by atoms with Crippen molar-refractivity contribution in [2.45, 2.75) is 31.8 Å². The molecular weight excluding hydrogens is 262 g/mol. The molecule has 1 unspecified atom stereocenters. The molecule has 1 amide bonds. The number of likely N-dealkylation sites (tertiary alicyclic amines) is 1. The van der Waals surface area contributed by atoms with Crippen molar-refractivity contribution in [3.63, 3.8) is 0 Å². The third-order valence-electron chi connectivity index (χ3n) is 3.97. The summed E-state index contributed by atoms with van der Waals surface area (Å²) in [4.78, 5) is 14.0. The quantitative estimate of drug-likeness (QED) is 0.915. The van der Waals surface area contributed by atoms with E-state index < -0.39 is 11.6 Å². The van der Waals surface area contributed by atoms with E-state index in [0.717, 1.165) is 37.9 Å². The fraction of sp³-hybridized carbons (Fsp3) is 0.533. The minimum Gasteiger partial charge on any atom is -0.353 e. The SMILES string of the molecule is O=C(NC1CC1)C1CCN(Cc2cc(F)ccc2F)C1. The summed E-state index contributed by atoms with van der Waals surface area (Å²) in [5, 5.41) is 3.00. The van der Waals surface area contributed by atoms with Crippen molar-refractivity contribution in [2.24, 2.45) is 5.92 Å². The van der Waals surface area contributed by atoms with Crippen LogP contribution >= 0.6 is 0 Å². The van der Waals surface area contributed by atoms with Crippen molar-refractivity contribution in [2.75, 3.05) is 13.1 Å². The molecule has 2 aliphatic rings. The Bertz CT molecular complexity index is 517. The lowest BCUT2D eigenvalue weighted by Gasteiger charge is -2.16. The number of halogens is 2. The molecule has 0 bridgehead atoms. The van der Waals surface area contributed by atoms with E-state index in [1.807, 2.05) is 4.90 Å². The van der Waals surface area contributed by atoms with Gasteiger partial charge in [0, 0.05) is 24.7 Å². The van der Waals surface area contributed by atoms with Gasteiger partial charge >= 0.3 is 0 Å². The largest absolute Gasteiger partial charge is 0.353 e. The van der Waals surface area contributed by atoms with E-state index in [9.17, 15) is 13.6 Å². The fourth-order valence-electron chi connectivity index (χ4n) is 2.64. The highest BCUT2D eigenvalue weighted by Gasteiger charge is 2.32. The Hall–Kier alpha value is -1.49. The summed E-state index contributed by atoms with van der Waals surface area (Å²) in [6.07, 6.45) is 2.95. The van der Waals surface area contributed by atoms with Crippen LogP contribution in [0.3, 0.4) is 0 Å². The maximum Gasteiger partial charge on any atom is 0.224 e. The summed E-state index contributed by atoms with van der Waals surface area (Å²) in [7, 11) is 0. The summed E-state index contributed by atoms with van der Waals surface area (Å²) in [5.41, 5.74) is 0.355. The lowest BCUT2D eigenvalue weighted by Crippen LogP contribution is -2.34. The minimum atomic E-state index is -0.427. The standard InChI is InChI=1S/C15H18F2N2O/c16-12-1-4-14(17)11(7-12)9-19-6-5-10(8-19)15(20)18-13-2-3-13/h1,4,7,10,13H,2-3,5-6,8-9H2,(H,18,20). The first-order chi connectivity index (χ1) is 9.61. The number of carbonyl (C=O) groups is 1. The molecule has 1 saturated heterocycles. The summed E-state index contributed by atoms with van der Waals surface area (Å²) in [6, 6.07) is 3.87. The van der Waals surface area contributed by atoms with Crippen molar-refractivity contribution in [3.8, 4) is 0 Å². The van der Waals surface area contributed by atoms with Crippen molar-refractivity contribution >= 4 is 5.91 Å². The maximum absolute atomic E-state index is 13.6. The van der Waals surface area contributed by atoms with Crippen LogP contribution in [0.25, 0.3) is 0 Å². The second-order valence-electron chi connectivity index (χ2n) is 5.74. The van der Waals surface area contributed by atoms with Gasteiger partial charge in [0.1, 0.15) is 11.6 Å². The molecule has 1 saturated carbocycles. The lowest BCUT2D eigenvalue weighted by atomic mass is 10.1. The molecule has 3 rings (SSSR count). The molecule has 2 fully saturated rings. The van der Waals surface area contributed by atoms with E-state index in [1.165, 1.54) is 6.07 Å². The number of carbonyl (C=O) groups excluding carboxylic acids is 1. The highest BCUT2D eigenvalue weighted by Crippen LogP contribution is 2.23. The monoisotopic (exact) mass is 280 g/mol. The highest BCUT2D eigenvalue weighted by atomic mass is 19.1. The summed E-state index contributed by atoms with van der Waals surface area (Å²) >= 11 is 0. The molecule has 1 heterocycles. The van der Waals surface area contributed by atoms with E-state index in [4.69, 9.17) is 0 Å².